The quantitative estimate of drug-likeness (QED) is 0.418. The maximum Gasteiger partial charge on any atom is 0.158 e. The third-order valence-electron chi connectivity index (χ3n) is 3.69. The van der Waals surface area contributed by atoms with E-state index in [9.17, 15) is 9.59 Å². The van der Waals surface area contributed by atoms with Crippen molar-refractivity contribution in [3.63, 3.8) is 0 Å². The number of rotatable bonds is 13. The first-order valence-corrected chi connectivity index (χ1v) is 8.37. The normalized spacial score (nSPS) is 13.5. The molecule has 128 valence electrons. The molecule has 0 aromatic heterocycles. The summed E-state index contributed by atoms with van der Waals surface area (Å²) in [6, 6.07) is 0. The molecule has 0 saturated carbocycles. The molecule has 0 amide bonds. The monoisotopic (exact) mass is 312 g/mol. The van der Waals surface area contributed by atoms with Crippen molar-refractivity contribution in [1.29, 1.82) is 0 Å². The summed E-state index contributed by atoms with van der Waals surface area (Å²) in [7, 11) is 0. The second-order valence-corrected chi connectivity index (χ2v) is 5.94. The highest BCUT2D eigenvalue weighted by Crippen LogP contribution is 2.18. The van der Waals surface area contributed by atoms with Crippen molar-refractivity contribution >= 4 is 11.6 Å². The van der Waals surface area contributed by atoms with E-state index in [2.05, 4.69) is 0 Å². The lowest BCUT2D eigenvalue weighted by Gasteiger charge is -2.14. The average molecular weight is 312 g/mol. The van der Waals surface area contributed by atoms with Gasteiger partial charge in [-0.25, -0.2) is 0 Å². The minimum Gasteiger partial charge on any atom is -0.396 e. The molecule has 0 fully saturated rings. The Balaban J connectivity index is 4.25. The molecule has 0 heterocycles. The van der Waals surface area contributed by atoms with E-state index in [4.69, 9.17) is 9.84 Å². The lowest BCUT2D eigenvalue weighted by atomic mass is 9.90. The molecule has 4 heteroatoms. The number of Topliss-reactive ketones (excluding diaryl/α,β-unsaturated/α-hetero) is 2. The molecule has 4 nitrogen and oxygen atoms in total. The first kappa shape index (κ1) is 21.0. The average Bonchev–Trinajstić information content (AvgIpc) is 2.50. The van der Waals surface area contributed by atoms with Gasteiger partial charge in [0.05, 0.1) is 12.7 Å². The van der Waals surface area contributed by atoms with Crippen LogP contribution in [-0.2, 0) is 14.3 Å². The van der Waals surface area contributed by atoms with Crippen molar-refractivity contribution in [2.75, 3.05) is 13.2 Å². The molecule has 0 radical (unpaired) electrons. The fourth-order valence-corrected chi connectivity index (χ4v) is 2.29. The second-order valence-electron chi connectivity index (χ2n) is 5.94. The van der Waals surface area contributed by atoms with Crippen molar-refractivity contribution in [3.05, 3.63) is 11.6 Å². The summed E-state index contributed by atoms with van der Waals surface area (Å²) < 4.78 is 5.44. The fourth-order valence-electron chi connectivity index (χ4n) is 2.29. The molecule has 0 bridgehead atoms. The maximum atomic E-state index is 12.1. The van der Waals surface area contributed by atoms with Gasteiger partial charge in [-0.05, 0) is 52.0 Å². The molecular formula is C18H32O4. The molecule has 1 atom stereocenters. The van der Waals surface area contributed by atoms with E-state index in [1.807, 2.05) is 33.8 Å². The van der Waals surface area contributed by atoms with Gasteiger partial charge >= 0.3 is 0 Å². The van der Waals surface area contributed by atoms with Gasteiger partial charge in [0.25, 0.3) is 0 Å². The maximum absolute atomic E-state index is 12.1. The van der Waals surface area contributed by atoms with Crippen molar-refractivity contribution in [2.24, 2.45) is 5.92 Å². The van der Waals surface area contributed by atoms with Gasteiger partial charge in [0, 0.05) is 25.4 Å². The molecule has 1 N–H and O–H groups in total. The number of hydrogen-bond donors (Lipinski definition) is 1. The zero-order valence-electron chi connectivity index (χ0n) is 14.6. The standard InChI is InChI=1S/C18H32O4/c1-5-17(20)16(9-6-12-19)10-11-18(21)15(4)8-7-13-22-14(2)3/h8,14,16,19H,5-7,9-13H2,1-4H3. The van der Waals surface area contributed by atoms with Crippen LogP contribution in [0.25, 0.3) is 0 Å². The molecule has 0 aliphatic carbocycles. The third-order valence-corrected chi connectivity index (χ3v) is 3.69. The van der Waals surface area contributed by atoms with E-state index >= 15 is 0 Å². The van der Waals surface area contributed by atoms with Crippen LogP contribution in [0.15, 0.2) is 11.6 Å². The van der Waals surface area contributed by atoms with Crippen LogP contribution in [0.5, 0.6) is 0 Å². The van der Waals surface area contributed by atoms with E-state index < -0.39 is 0 Å². The number of carbonyl (C=O) groups is 2. The number of carbonyl (C=O) groups excluding carboxylic acids is 2. The van der Waals surface area contributed by atoms with Gasteiger partial charge in [-0.15, -0.1) is 0 Å². The molecule has 0 rings (SSSR count). The summed E-state index contributed by atoms with van der Waals surface area (Å²) >= 11 is 0. The molecule has 0 aromatic carbocycles. The smallest absolute Gasteiger partial charge is 0.158 e. The van der Waals surface area contributed by atoms with E-state index in [0.29, 0.717) is 38.7 Å². The summed E-state index contributed by atoms with van der Waals surface area (Å²) in [5.41, 5.74) is 0.747. The highest BCUT2D eigenvalue weighted by Gasteiger charge is 2.18. The first-order valence-electron chi connectivity index (χ1n) is 8.37. The van der Waals surface area contributed by atoms with Crippen LogP contribution < -0.4 is 0 Å². The largest absolute Gasteiger partial charge is 0.396 e. The molecule has 0 spiro atoms. The lowest BCUT2D eigenvalue weighted by molar-refractivity contribution is -0.123. The Kier molecular flexibility index (Phi) is 12.0. The fraction of sp³-hybridized carbons (Fsp3) is 0.778. The van der Waals surface area contributed by atoms with E-state index in [1.54, 1.807) is 0 Å². The Bertz CT molecular complexity index is 358. The lowest BCUT2D eigenvalue weighted by Crippen LogP contribution is -2.16. The van der Waals surface area contributed by atoms with E-state index in [0.717, 1.165) is 12.0 Å². The van der Waals surface area contributed by atoms with Crippen molar-refractivity contribution in [3.8, 4) is 0 Å². The van der Waals surface area contributed by atoms with Crippen molar-refractivity contribution in [1.82, 2.24) is 0 Å². The van der Waals surface area contributed by atoms with Gasteiger partial charge in [0.15, 0.2) is 5.78 Å². The number of ether oxygens (including phenoxy) is 1. The number of aliphatic hydroxyl groups is 1. The molecule has 1 unspecified atom stereocenters. The zero-order chi connectivity index (χ0) is 17.0. The van der Waals surface area contributed by atoms with Gasteiger partial charge in [-0.3, -0.25) is 9.59 Å². The van der Waals surface area contributed by atoms with Gasteiger partial charge in [-0.1, -0.05) is 13.0 Å². The van der Waals surface area contributed by atoms with Crippen LogP contribution in [0.4, 0.5) is 0 Å². The minimum atomic E-state index is -0.0989. The molecule has 0 aromatic rings. The first-order chi connectivity index (χ1) is 10.4. The van der Waals surface area contributed by atoms with E-state index in [1.165, 1.54) is 0 Å². The highest BCUT2D eigenvalue weighted by atomic mass is 16.5. The Hall–Kier alpha value is -1.00. The van der Waals surface area contributed by atoms with Crippen LogP contribution in [0, 0.1) is 5.92 Å². The SMILES string of the molecule is CCC(=O)C(CCCO)CCC(=O)C(C)=CCCOC(C)C. The summed E-state index contributed by atoms with van der Waals surface area (Å²) in [4.78, 5) is 23.9. The minimum absolute atomic E-state index is 0.0935. The summed E-state index contributed by atoms with van der Waals surface area (Å²) in [5, 5.41) is 8.90. The highest BCUT2D eigenvalue weighted by molar-refractivity contribution is 5.95. The Morgan fingerprint density at radius 1 is 1.23 bits per heavy atom. The molecule has 0 aliphatic heterocycles. The Labute approximate surface area is 134 Å². The number of hydrogen-bond acceptors (Lipinski definition) is 4. The molecule has 22 heavy (non-hydrogen) atoms. The number of ketones is 2. The second kappa shape index (κ2) is 12.5. The Morgan fingerprint density at radius 2 is 1.91 bits per heavy atom. The number of aliphatic hydroxyl groups excluding tert-OH is 1. The van der Waals surface area contributed by atoms with Crippen molar-refractivity contribution < 1.29 is 19.4 Å². The van der Waals surface area contributed by atoms with Crippen LogP contribution in [-0.4, -0.2) is 36.0 Å². The molecular weight excluding hydrogens is 280 g/mol. The topological polar surface area (TPSA) is 63.6 Å². The molecule has 0 aliphatic rings. The number of allylic oxidation sites excluding steroid dienone is 1. The third kappa shape index (κ3) is 9.85. The van der Waals surface area contributed by atoms with Crippen LogP contribution >= 0.6 is 0 Å². The predicted octanol–water partition coefficient (Wildman–Crippen LogP) is 3.46. The summed E-state index contributed by atoms with van der Waals surface area (Å²) in [5.74, 6) is 0.189. The van der Waals surface area contributed by atoms with Gasteiger partial charge in [0.1, 0.15) is 5.78 Å². The van der Waals surface area contributed by atoms with Gasteiger partial charge in [0.2, 0.25) is 0 Å². The Morgan fingerprint density at radius 3 is 2.45 bits per heavy atom. The van der Waals surface area contributed by atoms with Gasteiger partial charge in [-0.2, -0.15) is 0 Å². The van der Waals surface area contributed by atoms with Crippen LogP contribution in [0.3, 0.4) is 0 Å². The summed E-state index contributed by atoms with van der Waals surface area (Å²) in [6.07, 6.45) is 5.61. The van der Waals surface area contributed by atoms with Crippen molar-refractivity contribution in [2.45, 2.75) is 72.3 Å². The van der Waals surface area contributed by atoms with Crippen LogP contribution in [0.1, 0.15) is 66.2 Å². The summed E-state index contributed by atoms with van der Waals surface area (Å²) in [6.45, 7) is 8.35. The predicted molar refractivity (Wildman–Crippen MR) is 88.8 cm³/mol. The van der Waals surface area contributed by atoms with Crippen LogP contribution in [0.2, 0.25) is 0 Å². The van der Waals surface area contributed by atoms with Gasteiger partial charge < -0.3 is 9.84 Å². The van der Waals surface area contributed by atoms with E-state index in [-0.39, 0.29) is 30.2 Å². The molecule has 0 saturated heterocycles. The zero-order valence-corrected chi connectivity index (χ0v) is 14.6.